The second-order valence-electron chi connectivity index (χ2n) is 3.65. The molecule has 1 saturated heterocycles. The first-order valence-electron chi connectivity index (χ1n) is 4.89. The fourth-order valence-corrected chi connectivity index (χ4v) is 2.09. The van der Waals surface area contributed by atoms with Crippen LogP contribution < -0.4 is 11.1 Å². The van der Waals surface area contributed by atoms with Gasteiger partial charge in [-0.25, -0.2) is 4.98 Å². The van der Waals surface area contributed by atoms with Crippen molar-refractivity contribution in [1.82, 2.24) is 10.3 Å². The third kappa shape index (κ3) is 1.99. The van der Waals surface area contributed by atoms with Crippen LogP contribution >= 0.6 is 11.6 Å². The van der Waals surface area contributed by atoms with Gasteiger partial charge in [0.15, 0.2) is 0 Å². The first-order valence-corrected chi connectivity index (χ1v) is 5.27. The molecule has 1 aliphatic heterocycles. The predicted molar refractivity (Wildman–Crippen MR) is 58.5 cm³/mol. The maximum atomic E-state index is 5.90. The molecule has 0 unspecified atom stereocenters. The summed E-state index contributed by atoms with van der Waals surface area (Å²) in [5.41, 5.74) is 6.94. The van der Waals surface area contributed by atoms with Gasteiger partial charge in [0.05, 0.1) is 5.02 Å². The molecule has 0 amide bonds. The summed E-state index contributed by atoms with van der Waals surface area (Å²) in [6, 6.07) is 1.94. The molecule has 0 saturated carbocycles. The number of pyridine rings is 1. The van der Waals surface area contributed by atoms with Gasteiger partial charge in [-0.05, 0) is 43.5 Å². The van der Waals surface area contributed by atoms with Gasteiger partial charge < -0.3 is 11.1 Å². The van der Waals surface area contributed by atoms with Crippen LogP contribution in [0.15, 0.2) is 12.3 Å². The van der Waals surface area contributed by atoms with E-state index in [1.165, 1.54) is 0 Å². The molecule has 14 heavy (non-hydrogen) atoms. The SMILES string of the molecule is Nc1ncc(Cl)cc1C1CCNCC1. The fraction of sp³-hybridized carbons (Fsp3) is 0.500. The molecule has 0 spiro atoms. The number of hydrogen-bond donors (Lipinski definition) is 2. The highest BCUT2D eigenvalue weighted by Gasteiger charge is 2.18. The maximum absolute atomic E-state index is 5.90. The van der Waals surface area contributed by atoms with Gasteiger partial charge in [-0.15, -0.1) is 0 Å². The topological polar surface area (TPSA) is 50.9 Å². The van der Waals surface area contributed by atoms with E-state index in [1.54, 1.807) is 6.20 Å². The molecule has 1 aromatic rings. The number of anilines is 1. The number of nitrogen functional groups attached to an aromatic ring is 1. The Labute approximate surface area is 88.7 Å². The van der Waals surface area contributed by atoms with E-state index in [4.69, 9.17) is 17.3 Å². The molecule has 0 radical (unpaired) electrons. The van der Waals surface area contributed by atoms with Crippen molar-refractivity contribution < 1.29 is 0 Å². The Morgan fingerprint density at radius 3 is 2.86 bits per heavy atom. The third-order valence-corrected chi connectivity index (χ3v) is 2.90. The lowest BCUT2D eigenvalue weighted by Crippen LogP contribution is -2.27. The van der Waals surface area contributed by atoms with Gasteiger partial charge >= 0.3 is 0 Å². The van der Waals surface area contributed by atoms with Crippen molar-refractivity contribution in [1.29, 1.82) is 0 Å². The number of nitrogens with one attached hydrogen (secondary N) is 1. The first kappa shape index (κ1) is 9.74. The summed E-state index contributed by atoms with van der Waals surface area (Å²) in [6.45, 7) is 2.10. The molecule has 4 heteroatoms. The van der Waals surface area contributed by atoms with E-state index in [0.717, 1.165) is 31.5 Å². The quantitative estimate of drug-likeness (QED) is 0.745. The number of nitrogens with two attached hydrogens (primary N) is 1. The van der Waals surface area contributed by atoms with Crippen molar-refractivity contribution in [2.45, 2.75) is 18.8 Å². The highest BCUT2D eigenvalue weighted by Crippen LogP contribution is 2.30. The standard InChI is InChI=1S/C10H14ClN3/c11-8-5-9(10(12)14-6-8)7-1-3-13-4-2-7/h5-7,13H,1-4H2,(H2,12,14). The molecule has 3 N–H and O–H groups in total. The lowest BCUT2D eigenvalue weighted by atomic mass is 9.91. The van der Waals surface area contributed by atoms with Gasteiger partial charge in [-0.1, -0.05) is 11.6 Å². The summed E-state index contributed by atoms with van der Waals surface area (Å²) in [6.07, 6.45) is 3.83. The second kappa shape index (κ2) is 4.15. The van der Waals surface area contributed by atoms with Crippen molar-refractivity contribution in [2.24, 2.45) is 0 Å². The van der Waals surface area contributed by atoms with E-state index in [0.29, 0.717) is 16.8 Å². The molecule has 1 fully saturated rings. The average molecular weight is 212 g/mol. The number of rotatable bonds is 1. The van der Waals surface area contributed by atoms with E-state index < -0.39 is 0 Å². The van der Waals surface area contributed by atoms with Crippen LogP contribution in [0.4, 0.5) is 5.82 Å². The lowest BCUT2D eigenvalue weighted by Gasteiger charge is -2.23. The van der Waals surface area contributed by atoms with Crippen LogP contribution in [0.5, 0.6) is 0 Å². The van der Waals surface area contributed by atoms with Crippen molar-refractivity contribution in [3.8, 4) is 0 Å². The van der Waals surface area contributed by atoms with Crippen LogP contribution in [-0.2, 0) is 0 Å². The number of aromatic nitrogens is 1. The molecule has 0 aliphatic carbocycles. The van der Waals surface area contributed by atoms with Crippen molar-refractivity contribution in [3.63, 3.8) is 0 Å². The average Bonchev–Trinajstić information content (AvgIpc) is 2.23. The van der Waals surface area contributed by atoms with E-state index in [1.807, 2.05) is 6.07 Å². The van der Waals surface area contributed by atoms with Crippen molar-refractivity contribution >= 4 is 17.4 Å². The molecular weight excluding hydrogens is 198 g/mol. The number of nitrogens with zero attached hydrogens (tertiary/aromatic N) is 1. The molecule has 2 rings (SSSR count). The number of piperidine rings is 1. The molecular formula is C10H14ClN3. The van der Waals surface area contributed by atoms with Crippen LogP contribution in [-0.4, -0.2) is 18.1 Å². The van der Waals surface area contributed by atoms with Gasteiger partial charge in [-0.2, -0.15) is 0 Å². The molecule has 0 aromatic carbocycles. The molecule has 0 atom stereocenters. The van der Waals surface area contributed by atoms with E-state index in [-0.39, 0.29) is 0 Å². The Hall–Kier alpha value is -0.800. The largest absolute Gasteiger partial charge is 0.383 e. The Morgan fingerprint density at radius 2 is 2.14 bits per heavy atom. The smallest absolute Gasteiger partial charge is 0.126 e. The summed E-state index contributed by atoms with van der Waals surface area (Å²) in [5, 5.41) is 4.00. The third-order valence-electron chi connectivity index (χ3n) is 2.70. The van der Waals surface area contributed by atoms with Crippen LogP contribution in [0.25, 0.3) is 0 Å². The summed E-state index contributed by atoms with van der Waals surface area (Å²) >= 11 is 5.90. The lowest BCUT2D eigenvalue weighted by molar-refractivity contribution is 0.460. The minimum atomic E-state index is 0.516. The predicted octanol–water partition coefficient (Wildman–Crippen LogP) is 1.78. The monoisotopic (exact) mass is 211 g/mol. The van der Waals surface area contributed by atoms with Crippen LogP contribution in [0.2, 0.25) is 5.02 Å². The maximum Gasteiger partial charge on any atom is 0.126 e. The highest BCUT2D eigenvalue weighted by atomic mass is 35.5. The minimum Gasteiger partial charge on any atom is -0.383 e. The number of halogens is 1. The van der Waals surface area contributed by atoms with E-state index in [2.05, 4.69) is 10.3 Å². The Balaban J connectivity index is 2.24. The second-order valence-corrected chi connectivity index (χ2v) is 4.09. The molecule has 0 bridgehead atoms. The summed E-state index contributed by atoms with van der Waals surface area (Å²) < 4.78 is 0. The van der Waals surface area contributed by atoms with Gasteiger partial charge in [0.2, 0.25) is 0 Å². The molecule has 1 aliphatic rings. The van der Waals surface area contributed by atoms with Crippen molar-refractivity contribution in [2.75, 3.05) is 18.8 Å². The highest BCUT2D eigenvalue weighted by molar-refractivity contribution is 6.30. The van der Waals surface area contributed by atoms with Crippen LogP contribution in [0.1, 0.15) is 24.3 Å². The van der Waals surface area contributed by atoms with E-state index >= 15 is 0 Å². The first-order chi connectivity index (χ1) is 6.77. The summed E-state index contributed by atoms with van der Waals surface area (Å²) in [5.74, 6) is 1.14. The molecule has 3 nitrogen and oxygen atoms in total. The van der Waals surface area contributed by atoms with Gasteiger partial charge in [0, 0.05) is 6.20 Å². The Morgan fingerprint density at radius 1 is 1.43 bits per heavy atom. The van der Waals surface area contributed by atoms with Gasteiger partial charge in [0.1, 0.15) is 5.82 Å². The van der Waals surface area contributed by atoms with Crippen LogP contribution in [0, 0.1) is 0 Å². The van der Waals surface area contributed by atoms with Gasteiger partial charge in [-0.3, -0.25) is 0 Å². The zero-order valence-corrected chi connectivity index (χ0v) is 8.72. The summed E-state index contributed by atoms with van der Waals surface area (Å²) in [7, 11) is 0. The molecule has 1 aromatic heterocycles. The van der Waals surface area contributed by atoms with Crippen molar-refractivity contribution in [3.05, 3.63) is 22.8 Å². The minimum absolute atomic E-state index is 0.516. The van der Waals surface area contributed by atoms with Crippen LogP contribution in [0.3, 0.4) is 0 Å². The summed E-state index contributed by atoms with van der Waals surface area (Å²) in [4.78, 5) is 4.08. The van der Waals surface area contributed by atoms with E-state index in [9.17, 15) is 0 Å². The normalized spacial score (nSPS) is 18.4. The molecule has 76 valence electrons. The zero-order chi connectivity index (χ0) is 9.97. The Kier molecular flexibility index (Phi) is 2.89. The fourth-order valence-electron chi connectivity index (χ4n) is 1.93. The number of hydrogen-bond acceptors (Lipinski definition) is 3. The van der Waals surface area contributed by atoms with Gasteiger partial charge in [0.25, 0.3) is 0 Å². The zero-order valence-electron chi connectivity index (χ0n) is 7.96. The Bertz CT molecular complexity index is 321. The molecule has 2 heterocycles.